The topological polar surface area (TPSA) is 20.3 Å². The van der Waals surface area contributed by atoms with Crippen LogP contribution < -0.4 is 0 Å². The smallest absolute Gasteiger partial charge is 0.224 e. The predicted molar refractivity (Wildman–Crippen MR) is 84.6 cm³/mol. The van der Waals surface area contributed by atoms with E-state index in [1.54, 1.807) is 0 Å². The summed E-state index contributed by atoms with van der Waals surface area (Å²) < 4.78 is 0. The Kier molecular flexibility index (Phi) is 5.12. The highest BCUT2D eigenvalue weighted by molar-refractivity contribution is 8.29. The molecule has 4 heteroatoms. The van der Waals surface area contributed by atoms with Crippen molar-refractivity contribution in [2.45, 2.75) is 57.8 Å². The lowest BCUT2D eigenvalue weighted by atomic mass is 9.99. The van der Waals surface area contributed by atoms with E-state index in [0.29, 0.717) is 17.0 Å². The molecule has 104 valence electrons. The zero-order valence-corrected chi connectivity index (χ0v) is 14.3. The highest BCUT2D eigenvalue weighted by Gasteiger charge is 2.38. The summed E-state index contributed by atoms with van der Waals surface area (Å²) in [4.78, 5) is 13.6. The average Bonchev–Trinajstić information content (AvgIpc) is 2.22. The van der Waals surface area contributed by atoms with Gasteiger partial charge < -0.3 is 4.90 Å². The number of hydrogen-bond acceptors (Lipinski definition) is 2. The van der Waals surface area contributed by atoms with Crippen molar-refractivity contribution in [2.75, 3.05) is 12.3 Å². The molecule has 18 heavy (non-hydrogen) atoms. The molecule has 1 amide bonds. The number of carbonyl (C=O) groups is 1. The Hall–Kier alpha value is -0.223. The van der Waals surface area contributed by atoms with Gasteiger partial charge in [-0.05, 0) is 11.5 Å². The molecule has 0 aromatic rings. The maximum absolute atomic E-state index is 11.6. The van der Waals surface area contributed by atoms with Crippen molar-refractivity contribution in [2.24, 2.45) is 0 Å². The molecule has 1 aliphatic rings. The van der Waals surface area contributed by atoms with Gasteiger partial charge in [-0.25, -0.2) is 0 Å². The van der Waals surface area contributed by atoms with Gasteiger partial charge in [0.05, 0.1) is 0 Å². The van der Waals surface area contributed by atoms with Crippen molar-refractivity contribution >= 4 is 24.3 Å². The van der Waals surface area contributed by atoms with Crippen molar-refractivity contribution in [1.82, 2.24) is 4.90 Å². The van der Waals surface area contributed by atoms with Crippen molar-refractivity contribution in [1.29, 1.82) is 0 Å². The second-order valence-corrected chi connectivity index (χ2v) is 15.7. The number of amides is 1. The fourth-order valence-corrected chi connectivity index (χ4v) is 6.18. The number of β-lactam (4-membered cyclic amide) rings is 1. The second-order valence-electron chi connectivity index (χ2n) is 6.58. The predicted octanol–water partition coefficient (Wildman–Crippen LogP) is 3.90. The van der Waals surface area contributed by atoms with Gasteiger partial charge in [-0.3, -0.25) is 4.79 Å². The van der Waals surface area contributed by atoms with E-state index < -0.39 is 7.22 Å². The molecule has 0 radical (unpaired) electrons. The third-order valence-electron chi connectivity index (χ3n) is 4.21. The van der Waals surface area contributed by atoms with Crippen molar-refractivity contribution in [3.05, 3.63) is 12.7 Å². The maximum atomic E-state index is 11.6. The van der Waals surface area contributed by atoms with E-state index in [4.69, 9.17) is 0 Å². The molecule has 1 saturated heterocycles. The Bertz CT molecular complexity index is 320. The largest absolute Gasteiger partial charge is 0.338 e. The van der Waals surface area contributed by atoms with Gasteiger partial charge in [-0.1, -0.05) is 39.9 Å². The fourth-order valence-electron chi connectivity index (χ4n) is 1.85. The minimum atomic E-state index is -1.26. The van der Waals surface area contributed by atoms with Gasteiger partial charge in [0.1, 0.15) is 7.22 Å². The summed E-state index contributed by atoms with van der Waals surface area (Å²) in [6, 6.07) is 0.426. The normalized spacial score (nSPS) is 20.8. The minimum absolute atomic E-state index is 0.317. The highest BCUT2D eigenvalue weighted by atomic mass is 32.4. The first-order chi connectivity index (χ1) is 8.19. The molecule has 0 unspecified atom stereocenters. The van der Waals surface area contributed by atoms with E-state index >= 15 is 0 Å². The van der Waals surface area contributed by atoms with Gasteiger partial charge in [-0.15, -0.1) is 6.58 Å². The molecule has 1 rings (SSSR count). The molecule has 0 aliphatic carbocycles. The Labute approximate surface area is 117 Å². The number of rotatable bonds is 6. The van der Waals surface area contributed by atoms with Crippen LogP contribution in [-0.2, 0) is 4.79 Å². The summed E-state index contributed by atoms with van der Waals surface area (Å²) in [5.74, 6) is 1.40. The monoisotopic (exact) mass is 285 g/mol. The lowest BCUT2D eigenvalue weighted by Gasteiger charge is -2.41. The van der Waals surface area contributed by atoms with Crippen LogP contribution in [0.1, 0.15) is 33.6 Å². The Morgan fingerprint density at radius 2 is 2.11 bits per heavy atom. The van der Waals surface area contributed by atoms with Crippen molar-refractivity contribution in [3.63, 3.8) is 0 Å². The van der Waals surface area contributed by atoms with Crippen LogP contribution in [0.4, 0.5) is 0 Å². The highest BCUT2D eigenvalue weighted by Crippen LogP contribution is 2.43. The van der Waals surface area contributed by atoms with Crippen LogP contribution in [0.15, 0.2) is 12.7 Å². The van der Waals surface area contributed by atoms with Gasteiger partial charge in [0.25, 0.3) is 0 Å². The lowest BCUT2D eigenvalue weighted by Crippen LogP contribution is -2.53. The first-order valence-electron chi connectivity index (χ1n) is 6.73. The molecule has 1 atom stereocenters. The molecule has 2 nitrogen and oxygen atoms in total. The second kappa shape index (κ2) is 5.82. The molecular weight excluding hydrogens is 258 g/mol. The fraction of sp³-hybridized carbons (Fsp3) is 0.786. The van der Waals surface area contributed by atoms with E-state index in [1.807, 2.05) is 11.0 Å². The van der Waals surface area contributed by atoms with Gasteiger partial charge in [0.2, 0.25) is 5.91 Å². The molecule has 0 bridgehead atoms. The Morgan fingerprint density at radius 3 is 2.56 bits per heavy atom. The molecular formula is C14H27NOSSi. The standard InChI is InChI=1S/C14H27NOSSi/c1-7-8-12-11-13(16)15(12)9-10-17-18(5,6)14(2,3)4/h7,12H,1,8-11H2,2-6H3/t12-/m1/s1. The number of nitrogens with zero attached hydrogens (tertiary/aromatic N) is 1. The SMILES string of the molecule is C=CC[C@@H]1CC(=O)N1CCS[Si](C)(C)C(C)(C)C. The maximum Gasteiger partial charge on any atom is 0.224 e. The zero-order chi connectivity index (χ0) is 14.0. The Balaban J connectivity index is 2.38. The summed E-state index contributed by atoms with van der Waals surface area (Å²) >= 11 is 2.10. The van der Waals surface area contributed by atoms with E-state index in [0.717, 1.165) is 25.1 Å². The van der Waals surface area contributed by atoms with E-state index in [9.17, 15) is 4.79 Å². The summed E-state index contributed by atoms with van der Waals surface area (Å²) in [6.07, 6.45) is 3.58. The molecule has 1 heterocycles. The third kappa shape index (κ3) is 3.64. The quantitative estimate of drug-likeness (QED) is 0.419. The van der Waals surface area contributed by atoms with Crippen LogP contribution in [-0.4, -0.2) is 36.4 Å². The molecule has 1 aliphatic heterocycles. The van der Waals surface area contributed by atoms with Crippen LogP contribution in [0.5, 0.6) is 0 Å². The zero-order valence-electron chi connectivity index (χ0n) is 12.5. The van der Waals surface area contributed by atoms with Gasteiger partial charge in [0.15, 0.2) is 0 Å². The summed E-state index contributed by atoms with van der Waals surface area (Å²) in [7, 11) is -1.26. The van der Waals surface area contributed by atoms with E-state index in [-0.39, 0.29) is 0 Å². The van der Waals surface area contributed by atoms with Crippen LogP contribution in [0.25, 0.3) is 0 Å². The van der Waals surface area contributed by atoms with Crippen LogP contribution >= 0.6 is 11.2 Å². The molecule has 0 saturated carbocycles. The van der Waals surface area contributed by atoms with Crippen LogP contribution in [0, 0.1) is 0 Å². The first-order valence-corrected chi connectivity index (χ1v) is 11.4. The first kappa shape index (κ1) is 15.8. The summed E-state index contributed by atoms with van der Waals surface area (Å²) in [5.41, 5.74) is 0. The van der Waals surface area contributed by atoms with E-state index in [2.05, 4.69) is 51.7 Å². The summed E-state index contributed by atoms with van der Waals surface area (Å²) in [5, 5.41) is 0.414. The molecule has 0 spiro atoms. The average molecular weight is 286 g/mol. The number of hydrogen-bond donors (Lipinski definition) is 0. The van der Waals surface area contributed by atoms with Crippen LogP contribution in [0.3, 0.4) is 0 Å². The molecule has 0 N–H and O–H groups in total. The van der Waals surface area contributed by atoms with Gasteiger partial charge >= 0.3 is 0 Å². The molecule has 0 aromatic carbocycles. The third-order valence-corrected chi connectivity index (χ3v) is 13.5. The lowest BCUT2D eigenvalue weighted by molar-refractivity contribution is -0.145. The van der Waals surface area contributed by atoms with Gasteiger partial charge in [0, 0.05) is 24.8 Å². The van der Waals surface area contributed by atoms with Crippen LogP contribution in [0.2, 0.25) is 18.1 Å². The van der Waals surface area contributed by atoms with E-state index in [1.165, 1.54) is 0 Å². The Morgan fingerprint density at radius 1 is 1.50 bits per heavy atom. The summed E-state index contributed by atoms with van der Waals surface area (Å²) in [6.45, 7) is 16.5. The number of likely N-dealkylation sites (tertiary alicyclic amines) is 1. The van der Waals surface area contributed by atoms with Crippen molar-refractivity contribution < 1.29 is 4.79 Å². The molecule has 0 aromatic heterocycles. The number of carbonyl (C=O) groups excluding carboxylic acids is 1. The van der Waals surface area contributed by atoms with Crippen molar-refractivity contribution in [3.8, 4) is 0 Å². The van der Waals surface area contributed by atoms with Gasteiger partial charge in [-0.2, -0.15) is 11.2 Å². The molecule has 1 fully saturated rings. The minimum Gasteiger partial charge on any atom is -0.338 e.